The third-order valence-electron chi connectivity index (χ3n) is 5.29. The molecule has 1 N–H and O–H groups in total. The fraction of sp³-hybridized carbons (Fsp3) is 0.261. The summed E-state index contributed by atoms with van der Waals surface area (Å²) < 4.78 is 4.72. The number of thioether (sulfide) groups is 1. The third-order valence-corrected chi connectivity index (χ3v) is 6.20. The number of anilines is 1. The van der Waals surface area contributed by atoms with Gasteiger partial charge in [0.15, 0.2) is 5.69 Å². The summed E-state index contributed by atoms with van der Waals surface area (Å²) >= 11 is 1.17. The Balaban J connectivity index is 1.51. The zero-order valence-corrected chi connectivity index (χ0v) is 19.5. The number of aryl methyl sites for hydroxylation is 1. The van der Waals surface area contributed by atoms with Crippen LogP contribution in [0.2, 0.25) is 0 Å². The molecule has 2 aromatic carbocycles. The summed E-state index contributed by atoms with van der Waals surface area (Å²) in [4.78, 5) is 25.7. The molecule has 4 aromatic rings. The Morgan fingerprint density at radius 3 is 2.52 bits per heavy atom. The Kier molecular flexibility index (Phi) is 6.74. The monoisotopic (exact) mass is 463 g/mol. The van der Waals surface area contributed by atoms with E-state index in [9.17, 15) is 9.59 Å². The van der Waals surface area contributed by atoms with Crippen molar-refractivity contribution in [3.63, 3.8) is 0 Å². The lowest BCUT2D eigenvalue weighted by atomic mass is 10.1. The Morgan fingerprint density at radius 1 is 1.09 bits per heavy atom. The fourth-order valence-electron chi connectivity index (χ4n) is 3.58. The van der Waals surface area contributed by atoms with Crippen LogP contribution in [0.1, 0.15) is 24.6 Å². The molecule has 0 radical (unpaired) electrons. The number of para-hydroxylation sites is 1. The Hall–Kier alpha value is -3.66. The number of benzene rings is 2. The first-order chi connectivity index (χ1) is 16.0. The number of nitrogens with one attached hydrogen (secondary N) is 1. The highest BCUT2D eigenvalue weighted by molar-refractivity contribution is 7.99. The van der Waals surface area contributed by atoms with Gasteiger partial charge in [-0.15, -0.1) is 5.10 Å². The van der Waals surface area contributed by atoms with Gasteiger partial charge < -0.3 is 5.32 Å². The molecule has 4 rings (SSSR count). The predicted octanol–water partition coefficient (Wildman–Crippen LogP) is 3.14. The quantitative estimate of drug-likeness (QED) is 0.403. The molecule has 0 atom stereocenters. The number of amides is 1. The van der Waals surface area contributed by atoms with Crippen molar-refractivity contribution < 1.29 is 4.79 Å². The molecule has 0 spiro atoms. The highest BCUT2D eigenvalue weighted by Gasteiger charge is 2.22. The second-order valence-electron chi connectivity index (χ2n) is 7.57. The Bertz CT molecular complexity index is 1310. The molecule has 33 heavy (non-hydrogen) atoms. The highest BCUT2D eigenvalue weighted by atomic mass is 32.2. The molecule has 2 aromatic heterocycles. The first-order valence-electron chi connectivity index (χ1n) is 10.6. The first kappa shape index (κ1) is 22.5. The largest absolute Gasteiger partial charge is 0.325 e. The van der Waals surface area contributed by atoms with Crippen LogP contribution in [0.15, 0.2) is 64.5 Å². The minimum absolute atomic E-state index is 0.107. The van der Waals surface area contributed by atoms with Crippen molar-refractivity contribution in [1.29, 1.82) is 0 Å². The lowest BCUT2D eigenvalue weighted by Crippen LogP contribution is -2.22. The van der Waals surface area contributed by atoms with Gasteiger partial charge in [0.2, 0.25) is 11.1 Å². The molecule has 0 aliphatic heterocycles. The maximum Gasteiger partial charge on any atom is 0.297 e. The maximum absolute atomic E-state index is 13.3. The van der Waals surface area contributed by atoms with Gasteiger partial charge in [0, 0.05) is 12.7 Å². The SMILES string of the molecule is CCCc1ccc(NC(=O)CSc2nnnn2-c2c(C)n(C)n(-c3ccccc3)c2=O)cc1. The van der Waals surface area contributed by atoms with Crippen molar-refractivity contribution in [2.24, 2.45) is 7.05 Å². The van der Waals surface area contributed by atoms with Crippen molar-refractivity contribution in [2.75, 3.05) is 11.1 Å². The second kappa shape index (κ2) is 9.86. The summed E-state index contributed by atoms with van der Waals surface area (Å²) in [6.07, 6.45) is 2.09. The smallest absolute Gasteiger partial charge is 0.297 e. The first-order valence-corrected chi connectivity index (χ1v) is 11.6. The van der Waals surface area contributed by atoms with Crippen LogP contribution < -0.4 is 10.9 Å². The van der Waals surface area contributed by atoms with Gasteiger partial charge in [-0.1, -0.05) is 55.4 Å². The van der Waals surface area contributed by atoms with Crippen LogP contribution in [-0.2, 0) is 18.3 Å². The average molecular weight is 464 g/mol. The Morgan fingerprint density at radius 2 is 1.82 bits per heavy atom. The lowest BCUT2D eigenvalue weighted by molar-refractivity contribution is -0.113. The van der Waals surface area contributed by atoms with Gasteiger partial charge in [-0.3, -0.25) is 14.3 Å². The van der Waals surface area contributed by atoms with E-state index < -0.39 is 0 Å². The highest BCUT2D eigenvalue weighted by Crippen LogP contribution is 2.20. The molecule has 0 unspecified atom stereocenters. The summed E-state index contributed by atoms with van der Waals surface area (Å²) in [5.41, 5.74) is 3.53. The molecule has 0 saturated carbocycles. The van der Waals surface area contributed by atoms with E-state index in [0.717, 1.165) is 24.2 Å². The van der Waals surface area contributed by atoms with Crippen LogP contribution in [0, 0.1) is 6.92 Å². The normalized spacial score (nSPS) is 11.0. The van der Waals surface area contributed by atoms with Crippen LogP contribution >= 0.6 is 11.8 Å². The van der Waals surface area contributed by atoms with E-state index in [4.69, 9.17) is 0 Å². The van der Waals surface area contributed by atoms with E-state index in [1.54, 1.807) is 9.36 Å². The topological polar surface area (TPSA) is 99.6 Å². The average Bonchev–Trinajstić information content (AvgIpc) is 3.36. The van der Waals surface area contributed by atoms with Crippen molar-refractivity contribution in [3.8, 4) is 11.4 Å². The standard InChI is InChI=1S/C23H25N7O2S/c1-4-8-17-11-13-18(14-12-17)24-20(31)15-33-23-25-26-27-29(23)21-16(2)28(3)30(22(21)32)19-9-6-5-7-10-19/h5-7,9-14H,4,8,15H2,1-3H3,(H,24,31). The van der Waals surface area contributed by atoms with E-state index in [2.05, 4.69) is 27.8 Å². The van der Waals surface area contributed by atoms with E-state index in [1.165, 1.54) is 22.0 Å². The van der Waals surface area contributed by atoms with Crippen molar-refractivity contribution in [2.45, 2.75) is 31.8 Å². The molecule has 2 heterocycles. The number of hydrogen-bond donors (Lipinski definition) is 1. The van der Waals surface area contributed by atoms with Gasteiger partial charge in [-0.25, -0.2) is 4.68 Å². The van der Waals surface area contributed by atoms with E-state index >= 15 is 0 Å². The Labute approximate surface area is 195 Å². The molecule has 170 valence electrons. The van der Waals surface area contributed by atoms with Crippen LogP contribution in [0.4, 0.5) is 5.69 Å². The van der Waals surface area contributed by atoms with Gasteiger partial charge in [-0.05, 0) is 53.6 Å². The number of tetrazole rings is 1. The molecule has 0 aliphatic rings. The molecular weight excluding hydrogens is 438 g/mol. The van der Waals surface area contributed by atoms with Crippen LogP contribution in [0.5, 0.6) is 0 Å². The number of carbonyl (C=O) groups is 1. The molecule has 0 aliphatic carbocycles. The minimum atomic E-state index is -0.244. The van der Waals surface area contributed by atoms with Crippen molar-refractivity contribution in [3.05, 3.63) is 76.2 Å². The molecular formula is C23H25N7O2S. The minimum Gasteiger partial charge on any atom is -0.325 e. The second-order valence-corrected chi connectivity index (χ2v) is 8.51. The van der Waals surface area contributed by atoms with Crippen LogP contribution in [0.3, 0.4) is 0 Å². The number of rotatable bonds is 8. The van der Waals surface area contributed by atoms with Gasteiger partial charge in [-0.2, -0.15) is 4.68 Å². The molecule has 9 nitrogen and oxygen atoms in total. The fourth-order valence-corrected chi connectivity index (χ4v) is 4.25. The van der Waals surface area contributed by atoms with Crippen molar-refractivity contribution in [1.82, 2.24) is 29.6 Å². The van der Waals surface area contributed by atoms with Gasteiger partial charge in [0.25, 0.3) is 5.56 Å². The third kappa shape index (κ3) is 4.75. The number of hydrogen-bond acceptors (Lipinski definition) is 6. The molecule has 0 fully saturated rings. The molecule has 0 bridgehead atoms. The summed E-state index contributed by atoms with van der Waals surface area (Å²) in [5, 5.41) is 15.0. The predicted molar refractivity (Wildman–Crippen MR) is 128 cm³/mol. The molecule has 0 saturated heterocycles. The van der Waals surface area contributed by atoms with Crippen LogP contribution in [0.25, 0.3) is 11.4 Å². The van der Waals surface area contributed by atoms with Crippen molar-refractivity contribution >= 4 is 23.4 Å². The number of nitrogens with zero attached hydrogens (tertiary/aromatic N) is 6. The summed E-state index contributed by atoms with van der Waals surface area (Å²) in [5.74, 6) is -0.0696. The summed E-state index contributed by atoms with van der Waals surface area (Å²) in [6, 6.07) is 17.2. The lowest BCUT2D eigenvalue weighted by Gasteiger charge is -2.07. The van der Waals surface area contributed by atoms with E-state index in [1.807, 2.05) is 68.6 Å². The molecule has 10 heteroatoms. The molecule has 1 amide bonds. The van der Waals surface area contributed by atoms with E-state index in [-0.39, 0.29) is 17.2 Å². The summed E-state index contributed by atoms with van der Waals surface area (Å²) in [6.45, 7) is 3.97. The van der Waals surface area contributed by atoms with Gasteiger partial charge >= 0.3 is 0 Å². The zero-order chi connectivity index (χ0) is 23.4. The van der Waals surface area contributed by atoms with Gasteiger partial charge in [0.1, 0.15) is 0 Å². The number of carbonyl (C=O) groups excluding carboxylic acids is 1. The maximum atomic E-state index is 13.3. The summed E-state index contributed by atoms with van der Waals surface area (Å²) in [7, 11) is 1.81. The zero-order valence-electron chi connectivity index (χ0n) is 18.7. The van der Waals surface area contributed by atoms with Crippen LogP contribution in [-0.4, -0.2) is 41.2 Å². The van der Waals surface area contributed by atoms with Gasteiger partial charge in [0.05, 0.1) is 17.1 Å². The van der Waals surface area contributed by atoms with E-state index in [0.29, 0.717) is 16.5 Å². The number of aromatic nitrogens is 6.